The molecule has 1 amide bonds. The van der Waals surface area contributed by atoms with Crippen molar-refractivity contribution in [1.82, 2.24) is 14.3 Å². The molecule has 0 unspecified atom stereocenters. The SMILES string of the molecule is Cn1cc(C(=O)NS(=O)(=O)c2ccccc2Cl)nc1-c1csc2ccccc12. The lowest BCUT2D eigenvalue weighted by Gasteiger charge is -2.06. The molecule has 0 saturated heterocycles. The van der Waals surface area contributed by atoms with E-state index in [-0.39, 0.29) is 15.6 Å². The predicted octanol–water partition coefficient (Wildman–Crippen LogP) is 4.07. The second kappa shape index (κ2) is 7.05. The molecule has 0 bridgehead atoms. The van der Waals surface area contributed by atoms with Gasteiger partial charge in [-0.25, -0.2) is 18.1 Å². The molecular weight excluding hydrogens is 418 g/mol. The fraction of sp³-hybridized carbons (Fsp3) is 0.0526. The third kappa shape index (κ3) is 3.30. The Morgan fingerprint density at radius 1 is 1.14 bits per heavy atom. The lowest BCUT2D eigenvalue weighted by Crippen LogP contribution is -2.31. The average molecular weight is 432 g/mol. The smallest absolute Gasteiger partial charge is 0.285 e. The van der Waals surface area contributed by atoms with Gasteiger partial charge in [0.1, 0.15) is 16.4 Å². The number of carbonyl (C=O) groups is 1. The van der Waals surface area contributed by atoms with Gasteiger partial charge in [-0.3, -0.25) is 4.79 Å². The van der Waals surface area contributed by atoms with Gasteiger partial charge >= 0.3 is 0 Å². The van der Waals surface area contributed by atoms with E-state index in [0.29, 0.717) is 5.82 Å². The molecule has 0 atom stereocenters. The zero-order valence-corrected chi connectivity index (χ0v) is 17.0. The van der Waals surface area contributed by atoms with Crippen LogP contribution in [0.5, 0.6) is 0 Å². The third-order valence-electron chi connectivity index (χ3n) is 4.18. The van der Waals surface area contributed by atoms with E-state index < -0.39 is 15.9 Å². The zero-order chi connectivity index (χ0) is 19.9. The van der Waals surface area contributed by atoms with Gasteiger partial charge in [-0.05, 0) is 18.2 Å². The van der Waals surface area contributed by atoms with Crippen molar-refractivity contribution in [2.24, 2.45) is 7.05 Å². The number of aromatic nitrogens is 2. The van der Waals surface area contributed by atoms with Crippen LogP contribution in [0.4, 0.5) is 0 Å². The first kappa shape index (κ1) is 18.7. The Kier molecular flexibility index (Phi) is 4.70. The Labute approximate surface area is 170 Å². The van der Waals surface area contributed by atoms with Gasteiger partial charge in [0.05, 0.1) is 5.02 Å². The lowest BCUT2D eigenvalue weighted by molar-refractivity contribution is 0.0977. The first-order valence-electron chi connectivity index (χ1n) is 8.18. The summed E-state index contributed by atoms with van der Waals surface area (Å²) in [5.41, 5.74) is 0.888. The number of benzene rings is 2. The molecule has 2 aromatic heterocycles. The van der Waals surface area contributed by atoms with Crippen molar-refractivity contribution in [2.45, 2.75) is 4.90 Å². The molecular formula is C19H14ClN3O3S2. The van der Waals surface area contributed by atoms with E-state index >= 15 is 0 Å². The van der Waals surface area contributed by atoms with Crippen molar-refractivity contribution in [3.63, 3.8) is 0 Å². The number of aryl methyl sites for hydroxylation is 1. The van der Waals surface area contributed by atoms with Crippen molar-refractivity contribution in [1.29, 1.82) is 0 Å². The molecule has 0 saturated carbocycles. The van der Waals surface area contributed by atoms with Crippen LogP contribution in [0.1, 0.15) is 10.5 Å². The number of rotatable bonds is 4. The molecule has 28 heavy (non-hydrogen) atoms. The van der Waals surface area contributed by atoms with Crippen molar-refractivity contribution >= 4 is 49.0 Å². The number of hydrogen-bond acceptors (Lipinski definition) is 5. The van der Waals surface area contributed by atoms with Crippen LogP contribution in [-0.4, -0.2) is 23.9 Å². The monoisotopic (exact) mass is 431 g/mol. The van der Waals surface area contributed by atoms with Crippen LogP contribution in [-0.2, 0) is 17.1 Å². The summed E-state index contributed by atoms with van der Waals surface area (Å²) in [5, 5.41) is 3.03. The van der Waals surface area contributed by atoms with Crippen molar-refractivity contribution < 1.29 is 13.2 Å². The van der Waals surface area contributed by atoms with Crippen LogP contribution < -0.4 is 4.72 Å². The quantitative estimate of drug-likeness (QED) is 0.528. The molecule has 0 radical (unpaired) electrons. The molecule has 0 fully saturated rings. The van der Waals surface area contributed by atoms with Gasteiger partial charge in [0.2, 0.25) is 0 Å². The van der Waals surface area contributed by atoms with E-state index in [4.69, 9.17) is 11.6 Å². The van der Waals surface area contributed by atoms with Gasteiger partial charge < -0.3 is 4.57 Å². The highest BCUT2D eigenvalue weighted by Crippen LogP contribution is 2.33. The van der Waals surface area contributed by atoms with Crippen LogP contribution in [0.15, 0.2) is 65.0 Å². The fourth-order valence-corrected chi connectivity index (χ4v) is 5.29. The molecule has 2 heterocycles. The van der Waals surface area contributed by atoms with Gasteiger partial charge in [-0.2, -0.15) is 0 Å². The summed E-state index contributed by atoms with van der Waals surface area (Å²) in [6.45, 7) is 0. The number of nitrogens with zero attached hydrogens (tertiary/aromatic N) is 2. The summed E-state index contributed by atoms with van der Waals surface area (Å²) in [5.74, 6) is -0.237. The van der Waals surface area contributed by atoms with E-state index in [2.05, 4.69) is 4.98 Å². The number of amides is 1. The summed E-state index contributed by atoms with van der Waals surface area (Å²) < 4.78 is 29.8. The molecule has 0 aliphatic carbocycles. The number of carbonyl (C=O) groups excluding carboxylic acids is 1. The largest absolute Gasteiger partial charge is 0.333 e. The highest BCUT2D eigenvalue weighted by molar-refractivity contribution is 7.90. The molecule has 0 aliphatic heterocycles. The minimum absolute atomic E-state index is 0.00316. The molecule has 9 heteroatoms. The summed E-state index contributed by atoms with van der Waals surface area (Å²) >= 11 is 7.52. The number of imidazole rings is 1. The Morgan fingerprint density at radius 2 is 1.86 bits per heavy atom. The van der Waals surface area contributed by atoms with Gasteiger partial charge in [0, 0.05) is 34.3 Å². The molecule has 1 N–H and O–H groups in total. The van der Waals surface area contributed by atoms with Crippen molar-refractivity contribution in [3.8, 4) is 11.4 Å². The normalized spacial score (nSPS) is 11.6. The number of sulfonamides is 1. The van der Waals surface area contributed by atoms with Gasteiger partial charge in [0.15, 0.2) is 0 Å². The molecule has 6 nitrogen and oxygen atoms in total. The molecule has 142 valence electrons. The van der Waals surface area contributed by atoms with E-state index in [1.54, 1.807) is 29.0 Å². The van der Waals surface area contributed by atoms with Crippen LogP contribution in [0.25, 0.3) is 21.5 Å². The van der Waals surface area contributed by atoms with Crippen LogP contribution in [0.3, 0.4) is 0 Å². The van der Waals surface area contributed by atoms with Crippen LogP contribution in [0, 0.1) is 0 Å². The summed E-state index contributed by atoms with van der Waals surface area (Å²) in [6.07, 6.45) is 1.50. The third-order valence-corrected chi connectivity index (χ3v) is 6.98. The highest BCUT2D eigenvalue weighted by Gasteiger charge is 2.24. The topological polar surface area (TPSA) is 81.1 Å². The number of halogens is 1. The summed E-state index contributed by atoms with van der Waals surface area (Å²) in [6, 6.07) is 13.8. The lowest BCUT2D eigenvalue weighted by atomic mass is 10.2. The molecule has 4 rings (SSSR count). The first-order valence-corrected chi connectivity index (χ1v) is 10.9. The minimum atomic E-state index is -4.11. The van der Waals surface area contributed by atoms with Crippen LogP contribution in [0.2, 0.25) is 5.02 Å². The summed E-state index contributed by atoms with van der Waals surface area (Å²) in [4.78, 5) is 16.7. The van der Waals surface area contributed by atoms with Gasteiger partial charge in [0.25, 0.3) is 15.9 Å². The Bertz CT molecular complexity index is 1310. The number of hydrogen-bond donors (Lipinski definition) is 1. The van der Waals surface area contributed by atoms with E-state index in [1.165, 1.54) is 24.4 Å². The van der Waals surface area contributed by atoms with Crippen molar-refractivity contribution in [3.05, 3.63) is 70.8 Å². The predicted molar refractivity (Wildman–Crippen MR) is 110 cm³/mol. The van der Waals surface area contributed by atoms with Crippen LogP contribution >= 0.6 is 22.9 Å². The fourth-order valence-electron chi connectivity index (χ4n) is 2.87. The summed E-state index contributed by atoms with van der Waals surface area (Å²) in [7, 11) is -2.35. The van der Waals surface area contributed by atoms with Crippen molar-refractivity contribution in [2.75, 3.05) is 0 Å². The first-order chi connectivity index (χ1) is 13.4. The standard InChI is InChI=1S/C19H14ClN3O3S2/c1-23-10-15(19(24)22-28(25,26)17-9-5-3-7-14(17)20)21-18(23)13-11-27-16-8-4-2-6-12(13)16/h2-11H,1H3,(H,22,24). The Hall–Kier alpha value is -2.68. The molecule has 0 spiro atoms. The van der Waals surface area contributed by atoms with E-state index in [1.807, 2.05) is 34.4 Å². The molecule has 4 aromatic rings. The van der Waals surface area contributed by atoms with E-state index in [0.717, 1.165) is 15.6 Å². The maximum Gasteiger partial charge on any atom is 0.285 e. The second-order valence-corrected chi connectivity index (χ2v) is 9.04. The Morgan fingerprint density at radius 3 is 2.64 bits per heavy atom. The zero-order valence-electron chi connectivity index (χ0n) is 14.6. The average Bonchev–Trinajstić information content (AvgIpc) is 3.25. The molecule has 2 aromatic carbocycles. The highest BCUT2D eigenvalue weighted by atomic mass is 35.5. The molecule has 0 aliphatic rings. The minimum Gasteiger partial charge on any atom is -0.333 e. The van der Waals surface area contributed by atoms with Gasteiger partial charge in [-0.1, -0.05) is 41.9 Å². The van der Waals surface area contributed by atoms with Gasteiger partial charge in [-0.15, -0.1) is 11.3 Å². The second-order valence-electron chi connectivity index (χ2n) is 6.07. The maximum atomic E-state index is 12.5. The number of thiophene rings is 1. The number of nitrogens with one attached hydrogen (secondary N) is 1. The van der Waals surface area contributed by atoms with E-state index in [9.17, 15) is 13.2 Å². The Balaban J connectivity index is 1.67. The maximum absolute atomic E-state index is 12.5. The number of fused-ring (bicyclic) bond motifs is 1.